The van der Waals surface area contributed by atoms with E-state index in [4.69, 9.17) is 0 Å². The average molecular weight is 323 g/mol. The molecule has 1 unspecified atom stereocenters. The standard InChI is InChI=1S/C18H17N3OS/c22-12-21-9-1-3-16(21)18-19-11-15(20-18)13-5-7-14(8-6-13)17-4-2-10-23-17/h2,4-8,10-12,16H,1,3,9H2,(H,19,20). The van der Waals surface area contributed by atoms with Gasteiger partial charge in [0.1, 0.15) is 5.82 Å². The number of nitrogens with one attached hydrogen (secondary N) is 1. The molecule has 0 aliphatic carbocycles. The third kappa shape index (κ3) is 2.68. The molecule has 1 aromatic carbocycles. The zero-order valence-electron chi connectivity index (χ0n) is 12.6. The third-order valence-electron chi connectivity index (χ3n) is 4.34. The molecule has 1 fully saturated rings. The van der Waals surface area contributed by atoms with Crippen LogP contribution in [-0.4, -0.2) is 27.8 Å². The summed E-state index contributed by atoms with van der Waals surface area (Å²) in [4.78, 5) is 22.1. The summed E-state index contributed by atoms with van der Waals surface area (Å²) in [6, 6.07) is 12.8. The maximum absolute atomic E-state index is 11.1. The molecular formula is C18H17N3OS. The zero-order valence-corrected chi connectivity index (χ0v) is 13.4. The molecule has 116 valence electrons. The lowest BCUT2D eigenvalue weighted by molar-refractivity contribution is -0.119. The van der Waals surface area contributed by atoms with Crippen LogP contribution in [0, 0.1) is 0 Å². The van der Waals surface area contributed by atoms with Crippen LogP contribution in [0.5, 0.6) is 0 Å². The Balaban J connectivity index is 1.58. The second-order valence-electron chi connectivity index (χ2n) is 5.74. The summed E-state index contributed by atoms with van der Waals surface area (Å²) < 4.78 is 0. The first-order valence-corrected chi connectivity index (χ1v) is 8.63. The number of H-pyrrole nitrogens is 1. The first-order chi connectivity index (χ1) is 11.3. The van der Waals surface area contributed by atoms with Gasteiger partial charge >= 0.3 is 0 Å². The molecule has 5 heteroatoms. The van der Waals surface area contributed by atoms with Crippen molar-refractivity contribution in [2.45, 2.75) is 18.9 Å². The fourth-order valence-electron chi connectivity index (χ4n) is 3.12. The lowest BCUT2D eigenvalue weighted by Crippen LogP contribution is -2.21. The largest absolute Gasteiger partial charge is 0.340 e. The van der Waals surface area contributed by atoms with Gasteiger partial charge in [0.05, 0.1) is 17.9 Å². The average Bonchev–Trinajstić information content (AvgIpc) is 3.34. The normalized spacial score (nSPS) is 17.6. The molecule has 3 heterocycles. The highest BCUT2D eigenvalue weighted by atomic mass is 32.1. The lowest BCUT2D eigenvalue weighted by Gasteiger charge is -2.17. The fraction of sp³-hybridized carbons (Fsp3) is 0.222. The van der Waals surface area contributed by atoms with E-state index in [1.807, 2.05) is 11.1 Å². The van der Waals surface area contributed by atoms with Crippen LogP contribution in [0.4, 0.5) is 0 Å². The maximum atomic E-state index is 11.1. The van der Waals surface area contributed by atoms with Crippen LogP contribution in [-0.2, 0) is 4.79 Å². The Morgan fingerprint density at radius 2 is 2.04 bits per heavy atom. The minimum absolute atomic E-state index is 0.0895. The molecule has 0 saturated carbocycles. The highest BCUT2D eigenvalue weighted by Gasteiger charge is 2.26. The Labute approximate surface area is 138 Å². The molecule has 0 bridgehead atoms. The number of aromatic amines is 1. The van der Waals surface area contributed by atoms with Crippen molar-refractivity contribution in [3.63, 3.8) is 0 Å². The van der Waals surface area contributed by atoms with E-state index in [2.05, 4.69) is 51.7 Å². The molecule has 1 saturated heterocycles. The smallest absolute Gasteiger partial charge is 0.210 e. The molecule has 3 aromatic rings. The quantitative estimate of drug-likeness (QED) is 0.735. The highest BCUT2D eigenvalue weighted by Crippen LogP contribution is 2.31. The van der Waals surface area contributed by atoms with E-state index in [0.29, 0.717) is 0 Å². The van der Waals surface area contributed by atoms with E-state index in [-0.39, 0.29) is 6.04 Å². The van der Waals surface area contributed by atoms with Crippen molar-refractivity contribution < 1.29 is 4.79 Å². The Hall–Kier alpha value is -2.40. The maximum Gasteiger partial charge on any atom is 0.210 e. The van der Waals surface area contributed by atoms with E-state index in [1.165, 1.54) is 10.4 Å². The van der Waals surface area contributed by atoms with Gasteiger partial charge in [0, 0.05) is 11.4 Å². The first kappa shape index (κ1) is 14.2. The van der Waals surface area contributed by atoms with Crippen molar-refractivity contribution in [3.05, 3.63) is 53.8 Å². The molecule has 1 aliphatic heterocycles. The van der Waals surface area contributed by atoms with E-state index in [0.717, 1.165) is 42.9 Å². The van der Waals surface area contributed by atoms with Crippen LogP contribution in [0.1, 0.15) is 24.7 Å². The molecule has 4 rings (SSSR count). The van der Waals surface area contributed by atoms with Crippen LogP contribution < -0.4 is 0 Å². The van der Waals surface area contributed by atoms with E-state index in [9.17, 15) is 4.79 Å². The van der Waals surface area contributed by atoms with Crippen molar-refractivity contribution in [3.8, 4) is 21.7 Å². The highest BCUT2D eigenvalue weighted by molar-refractivity contribution is 7.13. The number of likely N-dealkylation sites (tertiary alicyclic amines) is 1. The van der Waals surface area contributed by atoms with Crippen molar-refractivity contribution in [1.29, 1.82) is 0 Å². The SMILES string of the molecule is O=CN1CCCC1c1ncc(-c2ccc(-c3cccs3)cc2)[nH]1. The summed E-state index contributed by atoms with van der Waals surface area (Å²) in [6.45, 7) is 0.819. The number of aromatic nitrogens is 2. The van der Waals surface area contributed by atoms with Crippen LogP contribution >= 0.6 is 11.3 Å². The monoisotopic (exact) mass is 323 g/mol. The zero-order chi connectivity index (χ0) is 15.6. The minimum atomic E-state index is 0.0895. The second kappa shape index (κ2) is 6.01. The van der Waals surface area contributed by atoms with Gasteiger partial charge in [-0.05, 0) is 35.4 Å². The number of carbonyl (C=O) groups excluding carboxylic acids is 1. The molecule has 1 N–H and O–H groups in total. The Kier molecular flexibility index (Phi) is 3.71. The molecule has 4 nitrogen and oxygen atoms in total. The summed E-state index contributed by atoms with van der Waals surface area (Å²) in [5.41, 5.74) is 3.33. The molecule has 23 heavy (non-hydrogen) atoms. The minimum Gasteiger partial charge on any atom is -0.340 e. The Morgan fingerprint density at radius 1 is 1.22 bits per heavy atom. The van der Waals surface area contributed by atoms with Gasteiger partial charge in [-0.25, -0.2) is 4.98 Å². The van der Waals surface area contributed by atoms with Gasteiger partial charge in [-0.1, -0.05) is 30.3 Å². The van der Waals surface area contributed by atoms with E-state index in [1.54, 1.807) is 11.3 Å². The van der Waals surface area contributed by atoms with Gasteiger partial charge in [-0.3, -0.25) is 4.79 Å². The van der Waals surface area contributed by atoms with Gasteiger partial charge in [0.15, 0.2) is 0 Å². The van der Waals surface area contributed by atoms with Crippen LogP contribution in [0.3, 0.4) is 0 Å². The molecule has 1 amide bonds. The molecule has 0 radical (unpaired) electrons. The molecule has 0 spiro atoms. The number of benzene rings is 1. The molecular weight excluding hydrogens is 306 g/mol. The van der Waals surface area contributed by atoms with Gasteiger partial charge in [-0.2, -0.15) is 0 Å². The fourth-order valence-corrected chi connectivity index (χ4v) is 3.85. The van der Waals surface area contributed by atoms with Crippen LogP contribution in [0.2, 0.25) is 0 Å². The van der Waals surface area contributed by atoms with Crippen molar-refractivity contribution >= 4 is 17.7 Å². The summed E-state index contributed by atoms with van der Waals surface area (Å²) in [7, 11) is 0. The second-order valence-corrected chi connectivity index (χ2v) is 6.69. The van der Waals surface area contributed by atoms with Crippen molar-refractivity contribution in [2.75, 3.05) is 6.54 Å². The lowest BCUT2D eigenvalue weighted by atomic mass is 10.1. The number of rotatable bonds is 4. The summed E-state index contributed by atoms with van der Waals surface area (Å²) in [5.74, 6) is 0.881. The molecule has 2 aromatic heterocycles. The van der Waals surface area contributed by atoms with Gasteiger partial charge in [-0.15, -0.1) is 11.3 Å². The number of imidazole rings is 1. The van der Waals surface area contributed by atoms with Gasteiger partial charge < -0.3 is 9.88 Å². The number of hydrogen-bond acceptors (Lipinski definition) is 3. The van der Waals surface area contributed by atoms with Crippen LogP contribution in [0.25, 0.3) is 21.7 Å². The summed E-state index contributed by atoms with van der Waals surface area (Å²) in [5, 5.41) is 2.09. The number of carbonyl (C=O) groups is 1. The van der Waals surface area contributed by atoms with Crippen LogP contribution in [0.15, 0.2) is 48.0 Å². The van der Waals surface area contributed by atoms with E-state index < -0.39 is 0 Å². The predicted octanol–water partition coefficient (Wildman–Crippen LogP) is 4.10. The topological polar surface area (TPSA) is 49.0 Å². The third-order valence-corrected chi connectivity index (χ3v) is 5.26. The van der Waals surface area contributed by atoms with Crippen molar-refractivity contribution in [2.24, 2.45) is 0 Å². The Morgan fingerprint density at radius 3 is 2.78 bits per heavy atom. The summed E-state index contributed by atoms with van der Waals surface area (Å²) >= 11 is 1.74. The van der Waals surface area contributed by atoms with Crippen molar-refractivity contribution in [1.82, 2.24) is 14.9 Å². The number of hydrogen-bond donors (Lipinski definition) is 1. The Bertz CT molecular complexity index is 792. The molecule has 1 aliphatic rings. The first-order valence-electron chi connectivity index (χ1n) is 7.75. The number of amides is 1. The predicted molar refractivity (Wildman–Crippen MR) is 92.1 cm³/mol. The summed E-state index contributed by atoms with van der Waals surface area (Å²) in [6.07, 6.45) is 4.80. The van der Waals surface area contributed by atoms with Gasteiger partial charge in [0.25, 0.3) is 0 Å². The number of thiophene rings is 1. The van der Waals surface area contributed by atoms with Gasteiger partial charge in [0.2, 0.25) is 6.41 Å². The number of nitrogens with zero attached hydrogens (tertiary/aromatic N) is 2. The van der Waals surface area contributed by atoms with E-state index >= 15 is 0 Å². The molecule has 1 atom stereocenters.